The summed E-state index contributed by atoms with van der Waals surface area (Å²) in [4.78, 5) is 15.0. The molecule has 2 N–H and O–H groups in total. The van der Waals surface area contributed by atoms with Crippen molar-refractivity contribution in [2.75, 3.05) is 38.2 Å². The predicted molar refractivity (Wildman–Crippen MR) is 110 cm³/mol. The van der Waals surface area contributed by atoms with Gasteiger partial charge in [0.05, 0.1) is 24.8 Å². The molecule has 2 fully saturated rings. The van der Waals surface area contributed by atoms with Gasteiger partial charge in [-0.05, 0) is 75.9 Å². The number of nitriles is 1. The lowest BCUT2D eigenvalue weighted by Crippen LogP contribution is -2.40. The number of nitrogens with zero attached hydrogens (tertiary/aromatic N) is 3. The number of amides is 1. The van der Waals surface area contributed by atoms with Crippen LogP contribution in [0.3, 0.4) is 0 Å². The highest BCUT2D eigenvalue weighted by Gasteiger charge is 2.29. The number of nitrogens with one attached hydrogen (secondary N) is 1. The van der Waals surface area contributed by atoms with Crippen LogP contribution in [-0.4, -0.2) is 59.4 Å². The zero-order valence-corrected chi connectivity index (χ0v) is 17.2. The molecule has 0 bridgehead atoms. The van der Waals surface area contributed by atoms with Gasteiger partial charge in [-0.15, -0.1) is 0 Å². The molecule has 7 nitrogen and oxygen atoms in total. The topological polar surface area (TPSA) is 90.5 Å². The first kappa shape index (κ1) is 20.4. The van der Waals surface area contributed by atoms with Crippen LogP contribution < -0.4 is 5.32 Å². The third-order valence-electron chi connectivity index (χ3n) is 6.69. The molecule has 29 heavy (non-hydrogen) atoms. The van der Waals surface area contributed by atoms with E-state index in [2.05, 4.69) is 20.9 Å². The van der Waals surface area contributed by atoms with Gasteiger partial charge >= 0.3 is 0 Å². The van der Waals surface area contributed by atoms with Gasteiger partial charge in [-0.1, -0.05) is 0 Å². The molecule has 0 saturated carbocycles. The number of hydrogen-bond acceptors (Lipinski definition) is 5. The van der Waals surface area contributed by atoms with Gasteiger partial charge < -0.3 is 19.7 Å². The average molecular weight is 401 g/mol. The number of hydrogen-bond donors (Lipinski definition) is 2. The van der Waals surface area contributed by atoms with E-state index >= 15 is 0 Å². The monoisotopic (exact) mass is 400 g/mol. The van der Waals surface area contributed by atoms with E-state index < -0.39 is 0 Å². The number of aliphatic hydroxyl groups is 1. The molecule has 3 heterocycles. The molecule has 1 aromatic heterocycles. The van der Waals surface area contributed by atoms with Crippen molar-refractivity contribution >= 4 is 11.7 Å². The van der Waals surface area contributed by atoms with Crippen molar-refractivity contribution in [3.05, 3.63) is 16.8 Å². The fraction of sp³-hybridized carbons (Fsp3) is 0.727. The summed E-state index contributed by atoms with van der Waals surface area (Å²) >= 11 is 0. The van der Waals surface area contributed by atoms with E-state index in [9.17, 15) is 15.2 Å². The summed E-state index contributed by atoms with van der Waals surface area (Å²) in [5.41, 5.74) is 2.98. The van der Waals surface area contributed by atoms with Crippen LogP contribution in [0.25, 0.3) is 0 Å². The number of ether oxygens (including phenoxy) is 1. The van der Waals surface area contributed by atoms with E-state index in [1.54, 1.807) is 0 Å². The number of carbonyl (C=O) groups excluding carboxylic acids is 1. The van der Waals surface area contributed by atoms with Crippen molar-refractivity contribution in [3.63, 3.8) is 0 Å². The summed E-state index contributed by atoms with van der Waals surface area (Å²) in [7, 11) is 0. The maximum Gasteiger partial charge on any atom is 0.239 e. The van der Waals surface area contributed by atoms with E-state index in [0.29, 0.717) is 30.4 Å². The first-order chi connectivity index (χ1) is 14.2. The molecule has 3 aliphatic rings. The van der Waals surface area contributed by atoms with Crippen LogP contribution >= 0.6 is 0 Å². The Balaban J connectivity index is 1.51. The smallest absolute Gasteiger partial charge is 0.239 e. The lowest BCUT2D eigenvalue weighted by Gasteiger charge is -2.30. The minimum absolute atomic E-state index is 0.0626. The molecule has 0 aromatic carbocycles. The van der Waals surface area contributed by atoms with Gasteiger partial charge in [0, 0.05) is 18.9 Å². The normalized spacial score (nSPS) is 23.0. The maximum absolute atomic E-state index is 12.8. The molecule has 2 saturated heterocycles. The van der Waals surface area contributed by atoms with Gasteiger partial charge in [0.25, 0.3) is 0 Å². The van der Waals surface area contributed by atoms with Gasteiger partial charge in [-0.25, -0.2) is 0 Å². The number of anilines is 1. The molecule has 158 valence electrons. The highest BCUT2D eigenvalue weighted by Crippen LogP contribution is 2.34. The molecule has 1 atom stereocenters. The first-order valence-electron chi connectivity index (χ1n) is 11.1. The Morgan fingerprint density at radius 1 is 1.21 bits per heavy atom. The molecular formula is C22H32N4O3. The Kier molecular flexibility index (Phi) is 6.53. The third kappa shape index (κ3) is 4.50. The number of aliphatic hydroxyl groups excluding tert-OH is 1. The van der Waals surface area contributed by atoms with Gasteiger partial charge in [-0.3, -0.25) is 9.69 Å². The Labute approximate surface area is 172 Å². The van der Waals surface area contributed by atoms with Gasteiger partial charge in [0.1, 0.15) is 11.9 Å². The maximum atomic E-state index is 12.8. The Morgan fingerprint density at radius 2 is 2.00 bits per heavy atom. The van der Waals surface area contributed by atoms with Gasteiger partial charge in [0.2, 0.25) is 5.91 Å². The van der Waals surface area contributed by atoms with Crippen LogP contribution in [0.1, 0.15) is 55.3 Å². The molecule has 0 radical (unpaired) electrons. The Bertz CT molecular complexity index is 768. The van der Waals surface area contributed by atoms with Crippen LogP contribution in [0.4, 0.5) is 5.82 Å². The molecular weight excluding hydrogens is 368 g/mol. The number of likely N-dealkylation sites (tertiary alicyclic amines) is 1. The second kappa shape index (κ2) is 9.29. The molecule has 1 amide bonds. The highest BCUT2D eigenvalue weighted by atomic mass is 16.5. The second-order valence-electron chi connectivity index (χ2n) is 8.66. The van der Waals surface area contributed by atoms with Gasteiger partial charge in [0.15, 0.2) is 0 Å². The molecule has 1 aromatic rings. The fourth-order valence-electron chi connectivity index (χ4n) is 5.02. The summed E-state index contributed by atoms with van der Waals surface area (Å²) in [5.74, 6) is 0.965. The van der Waals surface area contributed by atoms with Crippen LogP contribution in [0.5, 0.6) is 0 Å². The molecule has 7 heteroatoms. The number of carbonyl (C=O) groups is 1. The zero-order valence-electron chi connectivity index (χ0n) is 17.2. The largest absolute Gasteiger partial charge is 0.396 e. The summed E-state index contributed by atoms with van der Waals surface area (Å²) in [6.45, 7) is 3.73. The lowest BCUT2D eigenvalue weighted by molar-refractivity contribution is -0.117. The van der Waals surface area contributed by atoms with Crippen LogP contribution in [-0.2, 0) is 28.9 Å². The summed E-state index contributed by atoms with van der Waals surface area (Å²) in [6.07, 6.45) is 8.21. The van der Waals surface area contributed by atoms with E-state index in [0.717, 1.165) is 76.6 Å². The Hall–Kier alpha value is -1.88. The summed E-state index contributed by atoms with van der Waals surface area (Å²) in [5, 5.41) is 22.2. The summed E-state index contributed by atoms with van der Waals surface area (Å²) < 4.78 is 8.01. The Morgan fingerprint density at radius 3 is 2.69 bits per heavy atom. The molecule has 1 aliphatic carbocycles. The average Bonchev–Trinajstić information content (AvgIpc) is 3.35. The lowest BCUT2D eigenvalue weighted by atomic mass is 9.95. The minimum Gasteiger partial charge on any atom is -0.396 e. The quantitative estimate of drug-likeness (QED) is 0.763. The van der Waals surface area contributed by atoms with Crippen LogP contribution in [0.15, 0.2) is 0 Å². The number of fused-ring (bicyclic) bond motifs is 1. The number of rotatable bonds is 6. The second-order valence-corrected chi connectivity index (χ2v) is 8.66. The van der Waals surface area contributed by atoms with Crippen molar-refractivity contribution in [2.24, 2.45) is 5.92 Å². The SMILES string of the molecule is N#Cc1c2c(n(CC3CCCO3)c1NC(=O)CN1CCC(CO)CC1)CCCC2. The van der Waals surface area contributed by atoms with Gasteiger partial charge in [-0.2, -0.15) is 5.26 Å². The van der Waals surface area contributed by atoms with Crippen LogP contribution in [0.2, 0.25) is 0 Å². The zero-order chi connectivity index (χ0) is 20.2. The van der Waals surface area contributed by atoms with E-state index in [1.807, 2.05) is 0 Å². The van der Waals surface area contributed by atoms with Crippen molar-refractivity contribution < 1.29 is 14.6 Å². The predicted octanol–water partition coefficient (Wildman–Crippen LogP) is 2.06. The van der Waals surface area contributed by atoms with Crippen molar-refractivity contribution in [2.45, 2.75) is 64.0 Å². The molecule has 2 aliphatic heterocycles. The van der Waals surface area contributed by atoms with Crippen molar-refractivity contribution in [3.8, 4) is 6.07 Å². The van der Waals surface area contributed by atoms with E-state index in [-0.39, 0.29) is 18.6 Å². The van der Waals surface area contributed by atoms with Crippen LogP contribution in [0, 0.1) is 17.2 Å². The van der Waals surface area contributed by atoms with E-state index in [4.69, 9.17) is 4.74 Å². The standard InChI is InChI=1S/C22H32N4O3/c23-12-19-18-5-1-2-6-20(18)26(13-17-4-3-11-29-17)22(19)24-21(28)14-25-9-7-16(15-27)8-10-25/h16-17,27H,1-11,13-15H2,(H,24,28). The minimum atomic E-state index is -0.0626. The molecule has 0 spiro atoms. The summed E-state index contributed by atoms with van der Waals surface area (Å²) in [6, 6.07) is 2.37. The first-order valence-corrected chi connectivity index (χ1v) is 11.1. The third-order valence-corrected chi connectivity index (χ3v) is 6.69. The van der Waals surface area contributed by atoms with Crippen molar-refractivity contribution in [1.29, 1.82) is 5.26 Å². The number of piperidine rings is 1. The molecule has 1 unspecified atom stereocenters. The highest BCUT2D eigenvalue weighted by molar-refractivity contribution is 5.93. The number of aromatic nitrogens is 1. The van der Waals surface area contributed by atoms with E-state index in [1.165, 1.54) is 5.69 Å². The fourth-order valence-corrected chi connectivity index (χ4v) is 5.02. The molecule has 4 rings (SSSR count). The van der Waals surface area contributed by atoms with Crippen molar-refractivity contribution in [1.82, 2.24) is 9.47 Å².